The van der Waals surface area contributed by atoms with E-state index in [0.29, 0.717) is 6.10 Å². The van der Waals surface area contributed by atoms with Crippen LogP contribution >= 0.6 is 12.2 Å². The lowest BCUT2D eigenvalue weighted by Crippen LogP contribution is -2.24. The molecule has 1 N–H and O–H groups in total. The van der Waals surface area contributed by atoms with Crippen LogP contribution < -0.4 is 5.32 Å². The summed E-state index contributed by atoms with van der Waals surface area (Å²) in [7, 11) is 0. The maximum absolute atomic E-state index is 5.33. The minimum Gasteiger partial charge on any atom is -0.380 e. The van der Waals surface area contributed by atoms with Gasteiger partial charge in [-0.25, -0.2) is 0 Å². The standard InChI is InChI=1S/C6H11NOS/c9-5-7-4-6-2-1-3-8-6/h5-6H,1-4H2,(H,7,9). The lowest BCUT2D eigenvalue weighted by Gasteiger charge is -2.06. The number of hydrogen-bond acceptors (Lipinski definition) is 2. The highest BCUT2D eigenvalue weighted by Crippen LogP contribution is 2.09. The molecule has 2 nitrogen and oxygen atoms in total. The van der Waals surface area contributed by atoms with Gasteiger partial charge in [0.25, 0.3) is 0 Å². The van der Waals surface area contributed by atoms with Crippen molar-refractivity contribution in [3.05, 3.63) is 0 Å². The van der Waals surface area contributed by atoms with Crippen molar-refractivity contribution in [3.63, 3.8) is 0 Å². The molecule has 1 aliphatic rings. The molecule has 1 atom stereocenters. The van der Waals surface area contributed by atoms with Gasteiger partial charge >= 0.3 is 0 Å². The summed E-state index contributed by atoms with van der Waals surface area (Å²) in [6.07, 6.45) is 2.78. The molecule has 1 heterocycles. The Hall–Kier alpha value is -0.150. The van der Waals surface area contributed by atoms with Gasteiger partial charge in [-0.2, -0.15) is 0 Å². The first kappa shape index (κ1) is 6.96. The monoisotopic (exact) mass is 145 g/mol. The Morgan fingerprint density at radius 3 is 3.22 bits per heavy atom. The lowest BCUT2D eigenvalue weighted by molar-refractivity contribution is 0.114. The van der Waals surface area contributed by atoms with Crippen LogP contribution in [-0.4, -0.2) is 24.7 Å². The average Bonchev–Trinajstić information content (AvgIpc) is 2.34. The topological polar surface area (TPSA) is 21.3 Å². The third-order valence-electron chi connectivity index (χ3n) is 1.45. The summed E-state index contributed by atoms with van der Waals surface area (Å²) in [5, 5.41) is 2.96. The Bertz CT molecular complexity index is 91.1. The predicted molar refractivity (Wildman–Crippen MR) is 40.6 cm³/mol. The van der Waals surface area contributed by atoms with E-state index >= 15 is 0 Å². The molecular formula is C6H11NOS. The Labute approximate surface area is 60.6 Å². The Morgan fingerprint density at radius 1 is 1.78 bits per heavy atom. The minimum atomic E-state index is 0.407. The van der Waals surface area contributed by atoms with Gasteiger partial charge in [0.15, 0.2) is 0 Å². The van der Waals surface area contributed by atoms with E-state index < -0.39 is 0 Å². The zero-order valence-electron chi connectivity index (χ0n) is 5.30. The summed E-state index contributed by atoms with van der Waals surface area (Å²) in [5.74, 6) is 0. The molecule has 0 bridgehead atoms. The molecular weight excluding hydrogens is 134 g/mol. The van der Waals surface area contributed by atoms with Crippen molar-refractivity contribution in [1.29, 1.82) is 0 Å². The lowest BCUT2D eigenvalue weighted by atomic mass is 10.2. The summed E-state index contributed by atoms with van der Waals surface area (Å²) in [5.41, 5.74) is 1.54. The molecule has 0 radical (unpaired) electrons. The summed E-state index contributed by atoms with van der Waals surface area (Å²) < 4.78 is 5.33. The van der Waals surface area contributed by atoms with Crippen LogP contribution in [0, 0.1) is 0 Å². The molecule has 1 saturated heterocycles. The normalized spacial score (nSPS) is 26.0. The highest BCUT2D eigenvalue weighted by molar-refractivity contribution is 7.78. The Kier molecular flexibility index (Phi) is 2.94. The first-order chi connectivity index (χ1) is 4.43. The molecule has 0 spiro atoms. The van der Waals surface area contributed by atoms with Crippen molar-refractivity contribution >= 4 is 17.7 Å². The fraction of sp³-hybridized carbons (Fsp3) is 0.833. The summed E-state index contributed by atoms with van der Waals surface area (Å²) >= 11 is 4.59. The zero-order valence-corrected chi connectivity index (χ0v) is 6.12. The van der Waals surface area contributed by atoms with Crippen molar-refractivity contribution in [2.75, 3.05) is 13.2 Å². The average molecular weight is 145 g/mol. The molecule has 0 aromatic carbocycles. The van der Waals surface area contributed by atoms with Crippen LogP contribution in [0.25, 0.3) is 0 Å². The van der Waals surface area contributed by atoms with Crippen molar-refractivity contribution < 1.29 is 4.74 Å². The highest BCUT2D eigenvalue weighted by atomic mass is 32.1. The number of thiocarbonyl (C=S) groups is 1. The van der Waals surface area contributed by atoms with Crippen molar-refractivity contribution in [2.45, 2.75) is 18.9 Å². The largest absolute Gasteiger partial charge is 0.380 e. The van der Waals surface area contributed by atoms with Crippen LogP contribution in [0.1, 0.15) is 12.8 Å². The van der Waals surface area contributed by atoms with Gasteiger partial charge in [0.2, 0.25) is 0 Å². The van der Waals surface area contributed by atoms with Gasteiger partial charge in [0.05, 0.1) is 11.6 Å². The van der Waals surface area contributed by atoms with Crippen molar-refractivity contribution in [1.82, 2.24) is 5.32 Å². The minimum absolute atomic E-state index is 0.407. The number of hydrogen-bond donors (Lipinski definition) is 1. The maximum Gasteiger partial charge on any atom is 0.0748 e. The van der Waals surface area contributed by atoms with E-state index in [1.54, 1.807) is 5.49 Å². The molecule has 0 aromatic heterocycles. The molecule has 0 saturated carbocycles. The van der Waals surface area contributed by atoms with Gasteiger partial charge in [-0.3, -0.25) is 0 Å². The first-order valence-corrected chi connectivity index (χ1v) is 3.69. The second-order valence-corrected chi connectivity index (χ2v) is 2.40. The number of nitrogens with one attached hydrogen (secondary N) is 1. The smallest absolute Gasteiger partial charge is 0.0748 e. The Balaban J connectivity index is 2.04. The van der Waals surface area contributed by atoms with Crippen LogP contribution in [0.4, 0.5) is 0 Å². The van der Waals surface area contributed by atoms with Gasteiger partial charge < -0.3 is 10.1 Å². The van der Waals surface area contributed by atoms with E-state index in [9.17, 15) is 0 Å². The summed E-state index contributed by atoms with van der Waals surface area (Å²) in [6, 6.07) is 0. The molecule has 9 heavy (non-hydrogen) atoms. The summed E-state index contributed by atoms with van der Waals surface area (Å²) in [4.78, 5) is 0. The van der Waals surface area contributed by atoms with Crippen LogP contribution in [-0.2, 0) is 4.74 Å². The zero-order chi connectivity index (χ0) is 6.53. The molecule has 0 amide bonds. The van der Waals surface area contributed by atoms with Crippen molar-refractivity contribution in [3.8, 4) is 0 Å². The Morgan fingerprint density at radius 2 is 2.67 bits per heavy atom. The van der Waals surface area contributed by atoms with Crippen molar-refractivity contribution in [2.24, 2.45) is 0 Å². The number of ether oxygens (including phenoxy) is 1. The third-order valence-corrected chi connectivity index (χ3v) is 1.62. The molecule has 1 aliphatic heterocycles. The van der Waals surface area contributed by atoms with Crippen LogP contribution in [0.2, 0.25) is 0 Å². The van der Waals surface area contributed by atoms with Gasteiger partial charge in [-0.15, -0.1) is 0 Å². The second kappa shape index (κ2) is 3.80. The third kappa shape index (κ3) is 2.28. The van der Waals surface area contributed by atoms with E-state index in [2.05, 4.69) is 17.5 Å². The fourth-order valence-electron chi connectivity index (χ4n) is 0.985. The molecule has 0 aliphatic carbocycles. The molecule has 0 aromatic rings. The van der Waals surface area contributed by atoms with Crippen LogP contribution in [0.3, 0.4) is 0 Å². The SMILES string of the molecule is S=CNCC1CCCO1. The van der Waals surface area contributed by atoms with E-state index in [0.717, 1.165) is 13.2 Å². The molecule has 3 heteroatoms. The quantitative estimate of drug-likeness (QED) is 0.591. The van der Waals surface area contributed by atoms with E-state index in [1.807, 2.05) is 0 Å². The molecule has 1 unspecified atom stereocenters. The first-order valence-electron chi connectivity index (χ1n) is 3.22. The van der Waals surface area contributed by atoms with Crippen LogP contribution in [0.5, 0.6) is 0 Å². The van der Waals surface area contributed by atoms with Crippen LogP contribution in [0.15, 0.2) is 0 Å². The molecule has 1 fully saturated rings. The predicted octanol–water partition coefficient (Wildman–Crippen LogP) is 0.712. The number of rotatable bonds is 3. The second-order valence-electron chi connectivity index (χ2n) is 2.16. The van der Waals surface area contributed by atoms with Gasteiger partial charge in [-0.05, 0) is 12.8 Å². The van der Waals surface area contributed by atoms with Gasteiger partial charge in [0, 0.05) is 13.2 Å². The van der Waals surface area contributed by atoms with E-state index in [4.69, 9.17) is 4.74 Å². The molecule has 1 rings (SSSR count). The maximum atomic E-state index is 5.33. The fourth-order valence-corrected chi connectivity index (χ4v) is 1.08. The highest BCUT2D eigenvalue weighted by Gasteiger charge is 2.13. The van der Waals surface area contributed by atoms with E-state index in [1.165, 1.54) is 12.8 Å². The molecule has 52 valence electrons. The van der Waals surface area contributed by atoms with E-state index in [-0.39, 0.29) is 0 Å². The van der Waals surface area contributed by atoms with Gasteiger partial charge in [-0.1, -0.05) is 12.2 Å². The summed E-state index contributed by atoms with van der Waals surface area (Å²) in [6.45, 7) is 1.80. The van der Waals surface area contributed by atoms with Gasteiger partial charge in [0.1, 0.15) is 0 Å².